The summed E-state index contributed by atoms with van der Waals surface area (Å²) >= 11 is 0. The first-order valence-electron chi connectivity index (χ1n) is 8.82. The summed E-state index contributed by atoms with van der Waals surface area (Å²) in [4.78, 5) is 19.8. The van der Waals surface area contributed by atoms with Gasteiger partial charge in [-0.05, 0) is 39.8 Å². The summed E-state index contributed by atoms with van der Waals surface area (Å²) in [7, 11) is 0. The first-order chi connectivity index (χ1) is 12.5. The Morgan fingerprint density at radius 1 is 1.30 bits per heavy atom. The number of aromatic nitrogens is 2. The Hall–Kier alpha value is -2.38. The Bertz CT molecular complexity index is 994. The van der Waals surface area contributed by atoms with E-state index in [0.29, 0.717) is 34.6 Å². The lowest BCUT2D eigenvalue weighted by atomic mass is 10.0. The van der Waals surface area contributed by atoms with E-state index < -0.39 is 0 Å². The van der Waals surface area contributed by atoms with Gasteiger partial charge in [-0.3, -0.25) is 4.79 Å². The Kier molecular flexibility index (Phi) is 5.26. The fourth-order valence-corrected chi connectivity index (χ4v) is 3.58. The minimum Gasteiger partial charge on any atom is -0.466 e. The van der Waals surface area contributed by atoms with Gasteiger partial charge < -0.3 is 19.2 Å². The topological polar surface area (TPSA) is 84.4 Å². The maximum absolute atomic E-state index is 13.3. The number of piperazine rings is 1. The van der Waals surface area contributed by atoms with Crippen molar-refractivity contribution < 1.29 is 13.7 Å². The first-order valence-corrected chi connectivity index (χ1v) is 8.82. The number of carbonyl (C=O) groups is 1. The third-order valence-corrected chi connectivity index (χ3v) is 4.93. The minimum absolute atomic E-state index is 0. The zero-order valence-corrected chi connectivity index (χ0v) is 16.6. The molecule has 0 saturated carbocycles. The zero-order chi connectivity index (χ0) is 18.4. The average molecular weight is 391 g/mol. The van der Waals surface area contributed by atoms with Crippen LogP contribution in [0.2, 0.25) is 0 Å². The molecule has 0 aliphatic carbocycles. The third-order valence-electron chi connectivity index (χ3n) is 4.93. The Morgan fingerprint density at radius 3 is 2.74 bits per heavy atom. The van der Waals surface area contributed by atoms with Gasteiger partial charge in [-0.15, -0.1) is 12.4 Å². The Labute approximate surface area is 163 Å². The summed E-state index contributed by atoms with van der Waals surface area (Å²) in [5, 5.41) is 8.02. The molecule has 1 fully saturated rings. The van der Waals surface area contributed by atoms with Crippen LogP contribution in [0.1, 0.15) is 34.5 Å². The normalized spacial score (nSPS) is 17.2. The molecule has 1 N–H and O–H groups in total. The number of pyridine rings is 1. The summed E-state index contributed by atoms with van der Waals surface area (Å²) < 4.78 is 11.0. The number of fused-ring (bicyclic) bond motifs is 1. The van der Waals surface area contributed by atoms with E-state index in [0.717, 1.165) is 30.2 Å². The molecular formula is C19H23ClN4O3. The van der Waals surface area contributed by atoms with Crippen molar-refractivity contribution in [3.05, 3.63) is 34.9 Å². The van der Waals surface area contributed by atoms with Crippen LogP contribution in [-0.2, 0) is 0 Å². The first kappa shape index (κ1) is 19.4. The fourth-order valence-electron chi connectivity index (χ4n) is 3.58. The van der Waals surface area contributed by atoms with E-state index in [1.54, 1.807) is 0 Å². The van der Waals surface area contributed by atoms with Crippen LogP contribution in [-0.4, -0.2) is 46.6 Å². The van der Waals surface area contributed by atoms with E-state index in [1.165, 1.54) is 0 Å². The Morgan fingerprint density at radius 2 is 2.07 bits per heavy atom. The van der Waals surface area contributed by atoms with E-state index in [2.05, 4.69) is 15.5 Å². The molecule has 4 rings (SSSR count). The molecule has 1 aliphatic rings. The minimum atomic E-state index is -0.0168. The smallest absolute Gasteiger partial charge is 0.259 e. The monoisotopic (exact) mass is 390 g/mol. The molecule has 4 heterocycles. The molecule has 1 aliphatic heterocycles. The maximum atomic E-state index is 13.3. The zero-order valence-electron chi connectivity index (χ0n) is 15.8. The van der Waals surface area contributed by atoms with E-state index in [9.17, 15) is 4.79 Å². The molecule has 8 heteroatoms. The second-order valence-corrected chi connectivity index (χ2v) is 6.88. The molecule has 1 saturated heterocycles. The van der Waals surface area contributed by atoms with Crippen molar-refractivity contribution in [3.63, 3.8) is 0 Å². The van der Waals surface area contributed by atoms with Crippen LogP contribution >= 0.6 is 12.4 Å². The van der Waals surface area contributed by atoms with E-state index in [-0.39, 0.29) is 24.4 Å². The highest BCUT2D eigenvalue weighted by Crippen LogP contribution is 2.31. The second kappa shape index (κ2) is 7.32. The van der Waals surface area contributed by atoms with Crippen molar-refractivity contribution in [2.45, 2.75) is 33.7 Å². The lowest BCUT2D eigenvalue weighted by molar-refractivity contribution is 0.0657. The van der Waals surface area contributed by atoms with Crippen LogP contribution in [0.4, 0.5) is 0 Å². The third kappa shape index (κ3) is 3.33. The Balaban J connectivity index is 0.00000210. The van der Waals surface area contributed by atoms with Gasteiger partial charge in [-0.1, -0.05) is 5.16 Å². The number of carbonyl (C=O) groups excluding carboxylic acids is 1. The van der Waals surface area contributed by atoms with Crippen molar-refractivity contribution in [2.75, 3.05) is 19.6 Å². The van der Waals surface area contributed by atoms with Gasteiger partial charge >= 0.3 is 0 Å². The molecular weight excluding hydrogens is 368 g/mol. The molecule has 3 aromatic rings. The predicted octanol–water partition coefficient (Wildman–Crippen LogP) is 3.26. The molecule has 1 amide bonds. The summed E-state index contributed by atoms with van der Waals surface area (Å²) in [5.74, 6) is 1.55. The highest BCUT2D eigenvalue weighted by molar-refractivity contribution is 6.07. The summed E-state index contributed by atoms with van der Waals surface area (Å²) in [5.41, 5.74) is 3.15. The molecule has 27 heavy (non-hydrogen) atoms. The van der Waals surface area contributed by atoms with Gasteiger partial charge in [0.25, 0.3) is 11.6 Å². The summed E-state index contributed by atoms with van der Waals surface area (Å²) in [6, 6.07) is 3.89. The number of halogens is 1. The van der Waals surface area contributed by atoms with Gasteiger partial charge in [0.2, 0.25) is 0 Å². The SMILES string of the molecule is Cc1cc(-c2cc(C(=O)N3CCNC[C@@H]3C)c3c(C)noc3n2)c(C)o1.Cl. The number of nitrogens with zero attached hydrogens (tertiary/aromatic N) is 3. The highest BCUT2D eigenvalue weighted by Gasteiger charge is 2.28. The molecule has 0 aromatic carbocycles. The largest absolute Gasteiger partial charge is 0.466 e. The van der Waals surface area contributed by atoms with Crippen molar-refractivity contribution in [1.29, 1.82) is 0 Å². The molecule has 0 unspecified atom stereocenters. The maximum Gasteiger partial charge on any atom is 0.259 e. The van der Waals surface area contributed by atoms with Crippen LogP contribution in [0.3, 0.4) is 0 Å². The molecule has 7 nitrogen and oxygen atoms in total. The van der Waals surface area contributed by atoms with Crippen molar-refractivity contribution in [1.82, 2.24) is 20.4 Å². The average Bonchev–Trinajstić information content (AvgIpc) is 3.16. The second-order valence-electron chi connectivity index (χ2n) is 6.88. The number of amides is 1. The van der Waals surface area contributed by atoms with Crippen LogP contribution in [0.5, 0.6) is 0 Å². The number of hydrogen-bond acceptors (Lipinski definition) is 6. The molecule has 144 valence electrons. The van der Waals surface area contributed by atoms with Gasteiger partial charge in [-0.2, -0.15) is 0 Å². The standard InChI is InChI=1S/C19H22N4O3.ClH/c1-10-9-20-5-6-23(10)19(24)15-8-16(14-7-11(2)25-13(14)4)21-18-17(15)12(3)22-26-18;/h7-8,10,20H,5-6,9H2,1-4H3;1H/t10-;/m0./s1. The quantitative estimate of drug-likeness (QED) is 0.723. The molecule has 1 atom stereocenters. The fraction of sp³-hybridized carbons (Fsp3) is 0.421. The molecule has 0 radical (unpaired) electrons. The summed E-state index contributed by atoms with van der Waals surface area (Å²) in [6.45, 7) is 9.91. The van der Waals surface area contributed by atoms with Crippen molar-refractivity contribution >= 4 is 29.4 Å². The molecule has 0 bridgehead atoms. The van der Waals surface area contributed by atoms with Crippen molar-refractivity contribution in [3.8, 4) is 11.3 Å². The van der Waals surface area contributed by atoms with Gasteiger partial charge in [0.05, 0.1) is 22.3 Å². The molecule has 3 aromatic heterocycles. The van der Waals surface area contributed by atoms with Gasteiger partial charge in [0.15, 0.2) is 0 Å². The number of rotatable bonds is 2. The highest BCUT2D eigenvalue weighted by atomic mass is 35.5. The number of aryl methyl sites for hydroxylation is 3. The van der Waals surface area contributed by atoms with Crippen LogP contribution in [0, 0.1) is 20.8 Å². The van der Waals surface area contributed by atoms with E-state index in [1.807, 2.05) is 44.7 Å². The lowest BCUT2D eigenvalue weighted by Gasteiger charge is -2.34. The predicted molar refractivity (Wildman–Crippen MR) is 104 cm³/mol. The van der Waals surface area contributed by atoms with Crippen LogP contribution in [0.15, 0.2) is 21.1 Å². The lowest BCUT2D eigenvalue weighted by Crippen LogP contribution is -2.52. The summed E-state index contributed by atoms with van der Waals surface area (Å²) in [6.07, 6.45) is 0. The van der Waals surface area contributed by atoms with Gasteiger partial charge in [0.1, 0.15) is 11.5 Å². The number of nitrogens with one attached hydrogen (secondary N) is 1. The van der Waals surface area contributed by atoms with Gasteiger partial charge in [-0.25, -0.2) is 4.98 Å². The number of hydrogen-bond donors (Lipinski definition) is 1. The van der Waals surface area contributed by atoms with Crippen molar-refractivity contribution in [2.24, 2.45) is 0 Å². The van der Waals surface area contributed by atoms with Crippen LogP contribution in [0.25, 0.3) is 22.4 Å². The van der Waals surface area contributed by atoms with E-state index >= 15 is 0 Å². The van der Waals surface area contributed by atoms with E-state index in [4.69, 9.17) is 8.94 Å². The van der Waals surface area contributed by atoms with Gasteiger partial charge in [0, 0.05) is 31.2 Å². The molecule has 0 spiro atoms. The number of furan rings is 1. The van der Waals surface area contributed by atoms with Crippen LogP contribution < -0.4 is 5.32 Å².